The third-order valence-corrected chi connectivity index (χ3v) is 5.81. The molecule has 1 aromatic heterocycles. The van der Waals surface area contributed by atoms with Gasteiger partial charge in [0.25, 0.3) is 0 Å². The van der Waals surface area contributed by atoms with Gasteiger partial charge in [0.2, 0.25) is 0 Å². The van der Waals surface area contributed by atoms with Crippen molar-refractivity contribution in [2.24, 2.45) is 0 Å². The van der Waals surface area contributed by atoms with Gasteiger partial charge >= 0.3 is 10.1 Å². The zero-order chi connectivity index (χ0) is 15.2. The maximum Gasteiger partial charge on any atom is 0.316 e. The fourth-order valence-corrected chi connectivity index (χ4v) is 4.60. The summed E-state index contributed by atoms with van der Waals surface area (Å²) in [5.74, 6) is 0.453. The van der Waals surface area contributed by atoms with Crippen LogP contribution in [-0.4, -0.2) is 13.4 Å². The van der Waals surface area contributed by atoms with Crippen molar-refractivity contribution >= 4 is 15.9 Å². The van der Waals surface area contributed by atoms with E-state index in [2.05, 4.69) is 4.98 Å². The molecule has 0 fully saturated rings. The van der Waals surface area contributed by atoms with Crippen molar-refractivity contribution in [3.8, 4) is 0 Å². The van der Waals surface area contributed by atoms with Gasteiger partial charge in [0.15, 0.2) is 5.76 Å². The van der Waals surface area contributed by atoms with Crippen LogP contribution in [0.4, 0.5) is 0 Å². The summed E-state index contributed by atoms with van der Waals surface area (Å²) < 4.78 is 30.6. The summed E-state index contributed by atoms with van der Waals surface area (Å²) in [6.07, 6.45) is 3.87. The molecule has 1 aromatic carbocycles. The second-order valence-electron chi connectivity index (χ2n) is 5.62. The molecule has 5 heteroatoms. The van der Waals surface area contributed by atoms with Gasteiger partial charge in [-0.05, 0) is 42.0 Å². The van der Waals surface area contributed by atoms with E-state index in [1.165, 1.54) is 0 Å². The number of fused-ring (bicyclic) bond motifs is 2. The van der Waals surface area contributed by atoms with Gasteiger partial charge < -0.3 is 4.18 Å². The maximum absolute atomic E-state index is 12.6. The van der Waals surface area contributed by atoms with Crippen molar-refractivity contribution in [1.29, 1.82) is 0 Å². The minimum absolute atomic E-state index is 0.453. The number of hydrogen-bond acceptors (Lipinski definition) is 4. The molecule has 1 unspecified atom stereocenters. The quantitative estimate of drug-likeness (QED) is 0.759. The summed E-state index contributed by atoms with van der Waals surface area (Å²) >= 11 is 0. The van der Waals surface area contributed by atoms with Gasteiger partial charge in [0.1, 0.15) is 10.9 Å². The van der Waals surface area contributed by atoms with E-state index in [4.69, 9.17) is 4.18 Å². The Bertz CT molecular complexity index is 856. The van der Waals surface area contributed by atoms with E-state index in [1.807, 2.05) is 42.5 Å². The predicted octanol–water partition coefficient (Wildman–Crippen LogP) is 3.23. The van der Waals surface area contributed by atoms with Crippen LogP contribution in [0.2, 0.25) is 0 Å². The van der Waals surface area contributed by atoms with Crippen molar-refractivity contribution in [3.05, 3.63) is 71.1 Å². The van der Waals surface area contributed by atoms with Crippen molar-refractivity contribution in [3.63, 3.8) is 0 Å². The number of rotatable bonds is 1. The minimum atomic E-state index is -3.69. The number of allylic oxidation sites excluding steroid dienone is 1. The maximum atomic E-state index is 12.6. The van der Waals surface area contributed by atoms with Crippen LogP contribution in [0.1, 0.15) is 34.9 Å². The standard InChI is InChI=1S/C17H15NO3S/c19-22(20)15(12-5-2-1-3-6-12)11-14-9-8-13-7-4-10-18-16(13)17(14)21-22/h1-7,10,15H,8-9,11H2. The van der Waals surface area contributed by atoms with Crippen LogP contribution >= 0.6 is 0 Å². The Morgan fingerprint density at radius 1 is 1.05 bits per heavy atom. The third-order valence-electron chi connectivity index (χ3n) is 4.27. The van der Waals surface area contributed by atoms with Crippen LogP contribution in [-0.2, 0) is 20.7 Å². The zero-order valence-corrected chi connectivity index (χ0v) is 12.7. The zero-order valence-electron chi connectivity index (χ0n) is 11.9. The highest BCUT2D eigenvalue weighted by atomic mass is 32.2. The molecule has 0 radical (unpaired) electrons. The van der Waals surface area contributed by atoms with E-state index in [0.29, 0.717) is 17.9 Å². The lowest BCUT2D eigenvalue weighted by Gasteiger charge is -2.30. The highest BCUT2D eigenvalue weighted by Gasteiger charge is 2.39. The molecule has 4 nitrogen and oxygen atoms in total. The first-order valence-electron chi connectivity index (χ1n) is 7.30. The number of nitrogens with zero attached hydrogens (tertiary/aromatic N) is 1. The lowest BCUT2D eigenvalue weighted by molar-refractivity contribution is 0.426. The van der Waals surface area contributed by atoms with Crippen molar-refractivity contribution in [2.45, 2.75) is 24.5 Å². The van der Waals surface area contributed by atoms with E-state index < -0.39 is 15.4 Å². The lowest BCUT2D eigenvalue weighted by Crippen LogP contribution is -2.25. The normalized spacial score (nSPS) is 22.5. The molecule has 0 saturated carbocycles. The second-order valence-corrected chi connectivity index (χ2v) is 7.34. The molecule has 0 spiro atoms. The van der Waals surface area contributed by atoms with Crippen LogP contribution < -0.4 is 0 Å². The second kappa shape index (κ2) is 4.95. The van der Waals surface area contributed by atoms with E-state index >= 15 is 0 Å². The summed E-state index contributed by atoms with van der Waals surface area (Å²) in [6.45, 7) is 0. The summed E-state index contributed by atoms with van der Waals surface area (Å²) in [7, 11) is -3.69. The number of benzene rings is 1. The van der Waals surface area contributed by atoms with Crippen LogP contribution in [0.25, 0.3) is 5.76 Å². The summed E-state index contributed by atoms with van der Waals surface area (Å²) in [5, 5.41) is -0.627. The molecule has 22 heavy (non-hydrogen) atoms. The number of pyridine rings is 1. The average Bonchev–Trinajstić information content (AvgIpc) is 2.54. The molecule has 0 N–H and O–H groups in total. The van der Waals surface area contributed by atoms with Gasteiger partial charge in [0.05, 0.1) is 0 Å². The summed E-state index contributed by atoms with van der Waals surface area (Å²) in [6, 6.07) is 13.1. The van der Waals surface area contributed by atoms with E-state index in [0.717, 1.165) is 29.5 Å². The molecule has 112 valence electrons. The van der Waals surface area contributed by atoms with E-state index in [-0.39, 0.29) is 0 Å². The number of hydrogen-bond donors (Lipinski definition) is 0. The van der Waals surface area contributed by atoms with Crippen molar-refractivity contribution in [1.82, 2.24) is 4.98 Å². The fraction of sp³-hybridized carbons (Fsp3) is 0.235. The topological polar surface area (TPSA) is 56.3 Å². The highest BCUT2D eigenvalue weighted by molar-refractivity contribution is 7.87. The molecule has 1 aliphatic carbocycles. The van der Waals surface area contributed by atoms with Crippen LogP contribution in [0.15, 0.2) is 54.2 Å². The molecule has 2 aliphatic rings. The monoisotopic (exact) mass is 313 g/mol. The van der Waals surface area contributed by atoms with Crippen molar-refractivity contribution < 1.29 is 12.6 Å². The summed E-state index contributed by atoms with van der Waals surface area (Å²) in [4.78, 5) is 4.32. The number of aryl methyl sites for hydroxylation is 1. The lowest BCUT2D eigenvalue weighted by atomic mass is 9.90. The first-order valence-corrected chi connectivity index (χ1v) is 8.77. The molecule has 0 amide bonds. The molecule has 2 heterocycles. The predicted molar refractivity (Wildman–Crippen MR) is 83.3 cm³/mol. The molecule has 1 aliphatic heterocycles. The number of aromatic nitrogens is 1. The van der Waals surface area contributed by atoms with Crippen LogP contribution in [0.3, 0.4) is 0 Å². The molecular formula is C17H15NO3S. The van der Waals surface area contributed by atoms with Gasteiger partial charge in [0, 0.05) is 6.20 Å². The molecule has 2 aromatic rings. The Kier molecular flexibility index (Phi) is 3.04. The largest absolute Gasteiger partial charge is 0.380 e. The molecular weight excluding hydrogens is 298 g/mol. The van der Waals surface area contributed by atoms with Gasteiger partial charge in [-0.15, -0.1) is 0 Å². The Labute approximate surface area is 129 Å². The Balaban J connectivity index is 1.81. The van der Waals surface area contributed by atoms with Crippen molar-refractivity contribution in [2.75, 3.05) is 0 Å². The Morgan fingerprint density at radius 2 is 1.86 bits per heavy atom. The molecule has 1 atom stereocenters. The molecule has 0 saturated heterocycles. The Hall–Kier alpha value is -2.14. The van der Waals surface area contributed by atoms with E-state index in [1.54, 1.807) is 6.20 Å². The fourth-order valence-electron chi connectivity index (χ4n) is 3.16. The Morgan fingerprint density at radius 3 is 2.68 bits per heavy atom. The van der Waals surface area contributed by atoms with Gasteiger partial charge in [-0.2, -0.15) is 8.42 Å². The first-order chi connectivity index (χ1) is 10.6. The van der Waals surface area contributed by atoms with Crippen LogP contribution in [0, 0.1) is 0 Å². The van der Waals surface area contributed by atoms with Crippen LogP contribution in [0.5, 0.6) is 0 Å². The average molecular weight is 313 g/mol. The summed E-state index contributed by atoms with van der Waals surface area (Å²) in [5.41, 5.74) is 3.56. The first kappa shape index (κ1) is 13.5. The third kappa shape index (κ3) is 2.13. The smallest absolute Gasteiger partial charge is 0.316 e. The van der Waals surface area contributed by atoms with Gasteiger partial charge in [-0.1, -0.05) is 36.4 Å². The minimum Gasteiger partial charge on any atom is -0.380 e. The highest BCUT2D eigenvalue weighted by Crippen LogP contribution is 2.44. The van der Waals surface area contributed by atoms with Gasteiger partial charge in [-0.3, -0.25) is 4.98 Å². The molecule has 0 bridgehead atoms. The SMILES string of the molecule is O=S1(=O)OC2=C(CCc3cccnc32)CC1c1ccccc1. The molecule has 4 rings (SSSR count). The van der Waals surface area contributed by atoms with E-state index in [9.17, 15) is 8.42 Å². The van der Waals surface area contributed by atoms with Gasteiger partial charge in [-0.25, -0.2) is 0 Å².